The number of fused-ring (bicyclic) bond motifs is 1. The summed E-state index contributed by atoms with van der Waals surface area (Å²) in [5, 5.41) is 3.49. The maximum absolute atomic E-state index is 12.2. The number of benzene rings is 1. The number of hydrogen-bond acceptors (Lipinski definition) is 6. The van der Waals surface area contributed by atoms with Gasteiger partial charge in [0.15, 0.2) is 18.3 Å². The molecule has 0 spiro atoms. The number of anilines is 1. The molecule has 2 heterocycles. The van der Waals surface area contributed by atoms with E-state index in [4.69, 9.17) is 18.3 Å². The number of methoxy groups -OCH3 is 1. The third-order valence-corrected chi connectivity index (χ3v) is 3.90. The summed E-state index contributed by atoms with van der Waals surface area (Å²) in [5.41, 5.74) is 1.77. The Balaban J connectivity index is 2.09. The first-order valence-electron chi connectivity index (χ1n) is 7.98. The van der Waals surface area contributed by atoms with Crippen molar-refractivity contribution in [3.8, 4) is 17.3 Å². The summed E-state index contributed by atoms with van der Waals surface area (Å²) in [5.74, 6) is 0.951. The van der Waals surface area contributed by atoms with Crippen molar-refractivity contribution >= 4 is 22.6 Å². The van der Waals surface area contributed by atoms with Gasteiger partial charge < -0.3 is 23.6 Å². The Morgan fingerprint density at radius 1 is 1.15 bits per heavy atom. The van der Waals surface area contributed by atoms with Crippen LogP contribution in [0.1, 0.15) is 18.1 Å². The van der Waals surface area contributed by atoms with Gasteiger partial charge in [-0.3, -0.25) is 4.79 Å². The number of amides is 1. The molecule has 1 aromatic carbocycles. The Hall–Kier alpha value is -3.06. The van der Waals surface area contributed by atoms with Gasteiger partial charge in [-0.1, -0.05) is 0 Å². The number of ether oxygens (including phenoxy) is 2. The van der Waals surface area contributed by atoms with Crippen molar-refractivity contribution in [3.05, 3.63) is 45.8 Å². The molecule has 7 heteroatoms. The van der Waals surface area contributed by atoms with Gasteiger partial charge in [0, 0.05) is 30.7 Å². The van der Waals surface area contributed by atoms with Gasteiger partial charge in [0.05, 0.1) is 5.56 Å². The minimum Gasteiger partial charge on any atom is -0.467 e. The number of carbonyl (C=O) groups excluding carboxylic acids is 1. The molecule has 3 rings (SSSR count). The number of furan rings is 1. The molecular weight excluding hydrogens is 338 g/mol. The van der Waals surface area contributed by atoms with E-state index in [1.807, 2.05) is 0 Å². The SMILES string of the molecule is COCOc1c(C)c(-c2cc3cc(NC(C)=O)ccc3o2)oc(=O)c1C. The highest BCUT2D eigenvalue weighted by atomic mass is 16.7. The summed E-state index contributed by atoms with van der Waals surface area (Å²) in [6.07, 6.45) is 0. The zero-order valence-electron chi connectivity index (χ0n) is 15.0. The molecule has 0 aliphatic rings. The number of carbonyl (C=O) groups is 1. The molecule has 0 aliphatic carbocycles. The van der Waals surface area contributed by atoms with Crippen molar-refractivity contribution in [3.63, 3.8) is 0 Å². The fourth-order valence-electron chi connectivity index (χ4n) is 2.73. The van der Waals surface area contributed by atoms with Crippen molar-refractivity contribution in [2.75, 3.05) is 19.2 Å². The maximum Gasteiger partial charge on any atom is 0.343 e. The Bertz CT molecular complexity index is 1030. The lowest BCUT2D eigenvalue weighted by Crippen LogP contribution is -2.11. The summed E-state index contributed by atoms with van der Waals surface area (Å²) in [7, 11) is 1.50. The summed E-state index contributed by atoms with van der Waals surface area (Å²) in [6, 6.07) is 7.02. The monoisotopic (exact) mass is 357 g/mol. The molecule has 0 bridgehead atoms. The molecule has 136 valence electrons. The summed E-state index contributed by atoms with van der Waals surface area (Å²) in [6.45, 7) is 4.87. The largest absolute Gasteiger partial charge is 0.467 e. The smallest absolute Gasteiger partial charge is 0.343 e. The van der Waals surface area contributed by atoms with Crippen LogP contribution >= 0.6 is 0 Å². The lowest BCUT2D eigenvalue weighted by molar-refractivity contribution is -0.114. The fraction of sp³-hybridized carbons (Fsp3) is 0.263. The van der Waals surface area contributed by atoms with Gasteiger partial charge in [-0.15, -0.1) is 0 Å². The molecule has 0 unspecified atom stereocenters. The van der Waals surface area contributed by atoms with Crippen LogP contribution in [0.15, 0.2) is 37.9 Å². The van der Waals surface area contributed by atoms with Crippen LogP contribution in [0.25, 0.3) is 22.5 Å². The number of rotatable bonds is 5. The van der Waals surface area contributed by atoms with Crippen LogP contribution < -0.4 is 15.7 Å². The minimum atomic E-state index is -0.504. The first kappa shape index (κ1) is 17.8. The maximum atomic E-state index is 12.2. The standard InChI is InChI=1S/C19H19NO6/c1-10-17(24-9-23-4)11(2)19(22)26-18(10)16-8-13-7-14(20-12(3)21)5-6-15(13)25-16/h5-8H,9H2,1-4H3,(H,20,21). The second-order valence-electron chi connectivity index (χ2n) is 5.89. The number of hydrogen-bond donors (Lipinski definition) is 1. The lowest BCUT2D eigenvalue weighted by atomic mass is 10.1. The zero-order chi connectivity index (χ0) is 18.8. The van der Waals surface area contributed by atoms with Crippen molar-refractivity contribution in [1.82, 2.24) is 0 Å². The molecule has 1 amide bonds. The molecule has 0 saturated carbocycles. The molecule has 0 radical (unpaired) electrons. The first-order chi connectivity index (χ1) is 12.4. The van der Waals surface area contributed by atoms with E-state index in [1.165, 1.54) is 14.0 Å². The van der Waals surface area contributed by atoms with Crippen LogP contribution in [0.4, 0.5) is 5.69 Å². The van der Waals surface area contributed by atoms with E-state index in [0.717, 1.165) is 5.39 Å². The van der Waals surface area contributed by atoms with Gasteiger partial charge in [0.2, 0.25) is 5.91 Å². The van der Waals surface area contributed by atoms with E-state index in [9.17, 15) is 9.59 Å². The zero-order valence-corrected chi connectivity index (χ0v) is 15.0. The third-order valence-electron chi connectivity index (χ3n) is 3.90. The van der Waals surface area contributed by atoms with E-state index in [-0.39, 0.29) is 12.7 Å². The topological polar surface area (TPSA) is 90.9 Å². The van der Waals surface area contributed by atoms with Crippen molar-refractivity contribution in [2.24, 2.45) is 0 Å². The normalized spacial score (nSPS) is 10.9. The van der Waals surface area contributed by atoms with E-state index in [2.05, 4.69) is 5.32 Å². The van der Waals surface area contributed by atoms with Crippen molar-refractivity contribution in [1.29, 1.82) is 0 Å². The van der Waals surface area contributed by atoms with Crippen LogP contribution in [-0.4, -0.2) is 19.8 Å². The quantitative estimate of drug-likeness (QED) is 0.702. The molecule has 3 aromatic rings. The average molecular weight is 357 g/mol. The highest BCUT2D eigenvalue weighted by molar-refractivity contribution is 5.93. The van der Waals surface area contributed by atoms with Crippen LogP contribution in [0.3, 0.4) is 0 Å². The predicted molar refractivity (Wildman–Crippen MR) is 96.5 cm³/mol. The Labute approximate surface area is 149 Å². The van der Waals surface area contributed by atoms with Gasteiger partial charge >= 0.3 is 5.63 Å². The molecule has 1 N–H and O–H groups in total. The molecule has 26 heavy (non-hydrogen) atoms. The van der Waals surface area contributed by atoms with E-state index in [1.54, 1.807) is 38.1 Å². The molecule has 0 atom stereocenters. The van der Waals surface area contributed by atoms with Gasteiger partial charge in [-0.2, -0.15) is 0 Å². The Kier molecular flexibility index (Phi) is 4.81. The second kappa shape index (κ2) is 7.05. The van der Waals surface area contributed by atoms with Gasteiger partial charge in [0.25, 0.3) is 0 Å². The van der Waals surface area contributed by atoms with E-state index in [0.29, 0.717) is 39.7 Å². The molecule has 0 saturated heterocycles. The highest BCUT2D eigenvalue weighted by Gasteiger charge is 2.20. The van der Waals surface area contributed by atoms with Crippen molar-refractivity contribution in [2.45, 2.75) is 20.8 Å². The summed E-state index contributed by atoms with van der Waals surface area (Å²) >= 11 is 0. The van der Waals surface area contributed by atoms with Crippen LogP contribution in [0.5, 0.6) is 5.75 Å². The third kappa shape index (κ3) is 3.34. The highest BCUT2D eigenvalue weighted by Crippen LogP contribution is 2.34. The van der Waals surface area contributed by atoms with Gasteiger partial charge in [-0.25, -0.2) is 4.79 Å². The van der Waals surface area contributed by atoms with E-state index < -0.39 is 5.63 Å². The molecule has 0 fully saturated rings. The minimum absolute atomic E-state index is 0.0186. The molecule has 0 aliphatic heterocycles. The summed E-state index contributed by atoms with van der Waals surface area (Å²) < 4.78 is 21.7. The Morgan fingerprint density at radius 3 is 2.62 bits per heavy atom. The Morgan fingerprint density at radius 2 is 1.92 bits per heavy atom. The van der Waals surface area contributed by atoms with Crippen LogP contribution in [0.2, 0.25) is 0 Å². The fourth-order valence-corrected chi connectivity index (χ4v) is 2.73. The predicted octanol–water partition coefficient (Wildman–Crippen LogP) is 3.61. The lowest BCUT2D eigenvalue weighted by Gasteiger charge is -2.12. The first-order valence-corrected chi connectivity index (χ1v) is 7.98. The van der Waals surface area contributed by atoms with Crippen LogP contribution in [-0.2, 0) is 9.53 Å². The molecular formula is C19H19NO6. The average Bonchev–Trinajstić information content (AvgIpc) is 3.00. The van der Waals surface area contributed by atoms with Crippen LogP contribution in [0, 0.1) is 13.8 Å². The molecule has 7 nitrogen and oxygen atoms in total. The summed E-state index contributed by atoms with van der Waals surface area (Å²) in [4.78, 5) is 23.4. The van der Waals surface area contributed by atoms with Gasteiger partial charge in [0.1, 0.15) is 11.3 Å². The molecule has 2 aromatic heterocycles. The number of nitrogens with one attached hydrogen (secondary N) is 1. The van der Waals surface area contributed by atoms with Crippen molar-refractivity contribution < 1.29 is 23.1 Å². The van der Waals surface area contributed by atoms with Gasteiger partial charge in [-0.05, 0) is 38.1 Å². The van der Waals surface area contributed by atoms with E-state index >= 15 is 0 Å². The second-order valence-corrected chi connectivity index (χ2v) is 5.89.